The molecule has 0 aliphatic rings. The molecule has 1 heterocycles. The Morgan fingerprint density at radius 2 is 2.44 bits per heavy atom. The first-order valence-electron chi connectivity index (χ1n) is 2.82. The summed E-state index contributed by atoms with van der Waals surface area (Å²) in [6.07, 6.45) is 1.67. The lowest BCUT2D eigenvalue weighted by molar-refractivity contribution is 0.637. The van der Waals surface area contributed by atoms with Crippen molar-refractivity contribution in [3.63, 3.8) is 0 Å². The second kappa shape index (κ2) is 2.14. The fourth-order valence-corrected chi connectivity index (χ4v) is 0.710. The summed E-state index contributed by atoms with van der Waals surface area (Å²) in [5.41, 5.74) is 6.51. The van der Waals surface area contributed by atoms with Crippen molar-refractivity contribution < 1.29 is 0 Å². The molecular weight excluding hydrogens is 116 g/mol. The van der Waals surface area contributed by atoms with Crippen molar-refractivity contribution in [1.82, 2.24) is 15.0 Å². The SMILES string of the molecule is C[C@@H](N)c1cnnn1C. The lowest BCUT2D eigenvalue weighted by atomic mass is 10.3. The van der Waals surface area contributed by atoms with Crippen molar-refractivity contribution in [2.24, 2.45) is 12.8 Å². The molecule has 0 fully saturated rings. The van der Waals surface area contributed by atoms with Gasteiger partial charge in [-0.2, -0.15) is 0 Å². The van der Waals surface area contributed by atoms with Gasteiger partial charge in [-0.3, -0.25) is 4.68 Å². The van der Waals surface area contributed by atoms with Gasteiger partial charge in [-0.1, -0.05) is 5.21 Å². The highest BCUT2D eigenvalue weighted by Gasteiger charge is 2.02. The van der Waals surface area contributed by atoms with E-state index >= 15 is 0 Å². The molecule has 0 aromatic carbocycles. The Morgan fingerprint density at radius 3 is 2.67 bits per heavy atom. The van der Waals surface area contributed by atoms with Crippen LogP contribution in [0, 0.1) is 0 Å². The quantitative estimate of drug-likeness (QED) is 0.568. The standard InChI is InChI=1S/C5H10N4/c1-4(6)5-3-7-8-9(5)2/h3-4H,6H2,1-2H3/t4-/m1/s1. The summed E-state index contributed by atoms with van der Waals surface area (Å²) in [4.78, 5) is 0. The molecule has 9 heavy (non-hydrogen) atoms. The molecule has 0 radical (unpaired) electrons. The maximum atomic E-state index is 5.56. The maximum absolute atomic E-state index is 5.56. The van der Waals surface area contributed by atoms with Crippen molar-refractivity contribution >= 4 is 0 Å². The third-order valence-corrected chi connectivity index (χ3v) is 1.22. The molecule has 0 aliphatic heterocycles. The zero-order valence-corrected chi connectivity index (χ0v) is 5.57. The molecule has 0 aliphatic carbocycles. The normalized spacial score (nSPS) is 13.7. The zero-order chi connectivity index (χ0) is 6.85. The van der Waals surface area contributed by atoms with E-state index in [0.29, 0.717) is 0 Å². The summed E-state index contributed by atoms with van der Waals surface area (Å²) >= 11 is 0. The Hall–Kier alpha value is -0.900. The highest BCUT2D eigenvalue weighted by Crippen LogP contribution is 2.03. The van der Waals surface area contributed by atoms with Gasteiger partial charge >= 0.3 is 0 Å². The molecule has 4 nitrogen and oxygen atoms in total. The largest absolute Gasteiger partial charge is 0.323 e. The molecule has 0 spiro atoms. The fourth-order valence-electron chi connectivity index (χ4n) is 0.710. The van der Waals surface area contributed by atoms with Crippen LogP contribution in [0.5, 0.6) is 0 Å². The van der Waals surface area contributed by atoms with Gasteiger partial charge in [0.25, 0.3) is 0 Å². The van der Waals surface area contributed by atoms with Gasteiger partial charge in [0.05, 0.1) is 11.9 Å². The first-order chi connectivity index (χ1) is 4.22. The van der Waals surface area contributed by atoms with Crippen molar-refractivity contribution in [1.29, 1.82) is 0 Å². The van der Waals surface area contributed by atoms with Crippen molar-refractivity contribution in [3.05, 3.63) is 11.9 Å². The Labute approximate surface area is 53.7 Å². The summed E-state index contributed by atoms with van der Waals surface area (Å²) in [7, 11) is 1.83. The Bertz CT molecular complexity index is 191. The third-order valence-electron chi connectivity index (χ3n) is 1.22. The summed E-state index contributed by atoms with van der Waals surface area (Å²) in [6, 6.07) is 0.0185. The van der Waals surface area contributed by atoms with E-state index in [2.05, 4.69) is 10.3 Å². The molecule has 1 atom stereocenters. The molecule has 1 rings (SSSR count). The lowest BCUT2D eigenvalue weighted by Gasteiger charge is -2.01. The molecule has 50 valence electrons. The van der Waals surface area contributed by atoms with Crippen molar-refractivity contribution in [3.8, 4) is 0 Å². The highest BCUT2D eigenvalue weighted by molar-refractivity contribution is 4.98. The van der Waals surface area contributed by atoms with Crippen molar-refractivity contribution in [2.45, 2.75) is 13.0 Å². The zero-order valence-electron chi connectivity index (χ0n) is 5.57. The second-order valence-corrected chi connectivity index (χ2v) is 2.07. The van der Waals surface area contributed by atoms with E-state index in [-0.39, 0.29) is 6.04 Å². The van der Waals surface area contributed by atoms with Gasteiger partial charge in [-0.05, 0) is 6.92 Å². The van der Waals surface area contributed by atoms with E-state index in [1.54, 1.807) is 10.9 Å². The number of nitrogens with two attached hydrogens (primary N) is 1. The van der Waals surface area contributed by atoms with Crippen LogP contribution in [0.3, 0.4) is 0 Å². The van der Waals surface area contributed by atoms with Crippen LogP contribution >= 0.6 is 0 Å². The van der Waals surface area contributed by atoms with Crippen LogP contribution in [0.25, 0.3) is 0 Å². The number of aryl methyl sites for hydroxylation is 1. The summed E-state index contributed by atoms with van der Waals surface area (Å²) in [5, 5.41) is 7.40. The van der Waals surface area contributed by atoms with Crippen molar-refractivity contribution in [2.75, 3.05) is 0 Å². The lowest BCUT2D eigenvalue weighted by Crippen LogP contribution is -2.10. The maximum Gasteiger partial charge on any atom is 0.0748 e. The highest BCUT2D eigenvalue weighted by atomic mass is 15.4. The van der Waals surface area contributed by atoms with Crippen LogP contribution in [-0.2, 0) is 7.05 Å². The molecule has 0 amide bonds. The average Bonchev–Trinajstić information content (AvgIpc) is 2.13. The topological polar surface area (TPSA) is 56.7 Å². The van der Waals surface area contributed by atoms with Gasteiger partial charge in [-0.15, -0.1) is 5.10 Å². The Morgan fingerprint density at radius 1 is 1.78 bits per heavy atom. The van der Waals surface area contributed by atoms with Crippen LogP contribution < -0.4 is 5.73 Å². The van der Waals surface area contributed by atoms with E-state index in [9.17, 15) is 0 Å². The number of hydrogen-bond donors (Lipinski definition) is 1. The number of rotatable bonds is 1. The second-order valence-electron chi connectivity index (χ2n) is 2.07. The monoisotopic (exact) mass is 126 g/mol. The minimum absolute atomic E-state index is 0.0185. The van der Waals surface area contributed by atoms with Gasteiger partial charge in [0.1, 0.15) is 0 Å². The third kappa shape index (κ3) is 1.08. The Balaban J connectivity index is 2.94. The van der Waals surface area contributed by atoms with E-state index in [4.69, 9.17) is 5.73 Å². The molecule has 4 heteroatoms. The summed E-state index contributed by atoms with van der Waals surface area (Å²) in [6.45, 7) is 1.90. The van der Waals surface area contributed by atoms with Crippen LogP contribution in [0.15, 0.2) is 6.20 Å². The molecule has 0 saturated carbocycles. The predicted octanol–water partition coefficient (Wildman–Crippen LogP) is -0.165. The van der Waals surface area contributed by atoms with Gasteiger partial charge in [0, 0.05) is 13.1 Å². The van der Waals surface area contributed by atoms with Gasteiger partial charge in [0.2, 0.25) is 0 Å². The Kier molecular flexibility index (Phi) is 1.48. The van der Waals surface area contributed by atoms with E-state index in [0.717, 1.165) is 5.69 Å². The van der Waals surface area contributed by atoms with E-state index in [1.165, 1.54) is 0 Å². The first-order valence-corrected chi connectivity index (χ1v) is 2.82. The van der Waals surface area contributed by atoms with Crippen LogP contribution in [0.1, 0.15) is 18.7 Å². The number of nitrogens with zero attached hydrogens (tertiary/aromatic N) is 3. The minimum Gasteiger partial charge on any atom is -0.323 e. The minimum atomic E-state index is 0.0185. The summed E-state index contributed by atoms with van der Waals surface area (Å²) in [5.74, 6) is 0. The van der Waals surface area contributed by atoms with Gasteiger partial charge < -0.3 is 5.73 Å². The number of aromatic nitrogens is 3. The van der Waals surface area contributed by atoms with Crippen LogP contribution in [-0.4, -0.2) is 15.0 Å². The smallest absolute Gasteiger partial charge is 0.0748 e. The van der Waals surface area contributed by atoms with Crippen LogP contribution in [0.2, 0.25) is 0 Å². The van der Waals surface area contributed by atoms with Gasteiger partial charge in [-0.25, -0.2) is 0 Å². The molecule has 0 bridgehead atoms. The van der Waals surface area contributed by atoms with E-state index in [1.807, 2.05) is 14.0 Å². The molecule has 0 saturated heterocycles. The van der Waals surface area contributed by atoms with Gasteiger partial charge in [0.15, 0.2) is 0 Å². The molecule has 2 N–H and O–H groups in total. The van der Waals surface area contributed by atoms with E-state index < -0.39 is 0 Å². The molecule has 1 aromatic rings. The number of hydrogen-bond acceptors (Lipinski definition) is 3. The summed E-state index contributed by atoms with van der Waals surface area (Å²) < 4.78 is 1.67. The van der Waals surface area contributed by atoms with Crippen LogP contribution in [0.4, 0.5) is 0 Å². The fraction of sp³-hybridized carbons (Fsp3) is 0.600. The molecule has 1 aromatic heterocycles. The predicted molar refractivity (Wildman–Crippen MR) is 33.6 cm³/mol. The first kappa shape index (κ1) is 6.22. The molecule has 0 unspecified atom stereocenters. The molecular formula is C5H10N4. The average molecular weight is 126 g/mol.